The van der Waals surface area contributed by atoms with Crippen LogP contribution in [-0.2, 0) is 30.5 Å². The predicted molar refractivity (Wildman–Crippen MR) is 188 cm³/mol. The number of nitrogens with one attached hydrogen (secondary N) is 2. The van der Waals surface area contributed by atoms with Crippen LogP contribution in [0, 0.1) is 23.0 Å². The van der Waals surface area contributed by atoms with Crippen molar-refractivity contribution in [2.45, 2.75) is 44.3 Å². The van der Waals surface area contributed by atoms with Crippen LogP contribution >= 0.6 is 12.6 Å². The molecule has 4 amide bonds. The van der Waals surface area contributed by atoms with Crippen molar-refractivity contribution in [3.05, 3.63) is 77.8 Å². The summed E-state index contributed by atoms with van der Waals surface area (Å²) >= 11 is 4.11. The molecule has 5 rings (SSSR count). The molecule has 2 fully saturated rings. The molecular formula is C36H43F3N6O6S. The minimum absolute atomic E-state index is 0.0112. The number of carbonyl (C=O) groups excluding carboxylic acids is 4. The zero-order chi connectivity index (χ0) is 37.6. The molecule has 0 spiro atoms. The van der Waals surface area contributed by atoms with Crippen molar-refractivity contribution >= 4 is 36.3 Å². The first-order chi connectivity index (χ1) is 24.8. The monoisotopic (exact) mass is 744 g/mol. The molecule has 280 valence electrons. The van der Waals surface area contributed by atoms with Crippen LogP contribution in [-0.4, -0.2) is 112 Å². The number of nitrogens with zero attached hydrogens (tertiary/aromatic N) is 4. The topological polar surface area (TPSA) is 146 Å². The molecule has 2 aliphatic heterocycles. The first-order valence-corrected chi connectivity index (χ1v) is 17.5. The van der Waals surface area contributed by atoms with E-state index in [4.69, 9.17) is 9.72 Å². The van der Waals surface area contributed by atoms with E-state index in [-0.39, 0.29) is 87.8 Å². The lowest BCUT2D eigenvalue weighted by Crippen LogP contribution is -2.52. The van der Waals surface area contributed by atoms with Crippen molar-refractivity contribution in [3.63, 3.8) is 0 Å². The number of aromatic nitrogens is 2. The quantitative estimate of drug-likeness (QED) is 0.0996. The average Bonchev–Trinajstić information content (AvgIpc) is 3.79. The average molecular weight is 745 g/mol. The Kier molecular flexibility index (Phi) is 12.8. The fraction of sp³-hybridized carbons (Fsp3) is 0.472. The highest BCUT2D eigenvalue weighted by molar-refractivity contribution is 7.81. The van der Waals surface area contributed by atoms with Crippen molar-refractivity contribution in [2.24, 2.45) is 11.3 Å². The van der Waals surface area contributed by atoms with Crippen LogP contribution < -0.4 is 10.6 Å². The van der Waals surface area contributed by atoms with Crippen molar-refractivity contribution < 1.29 is 42.2 Å². The summed E-state index contributed by atoms with van der Waals surface area (Å²) in [6.45, 7) is 2.62. The molecule has 2 aliphatic rings. The lowest BCUT2D eigenvalue weighted by Gasteiger charge is -2.41. The maximum atomic E-state index is 15.1. The number of benzene rings is 2. The molecule has 52 heavy (non-hydrogen) atoms. The minimum atomic E-state index is -1.52. The summed E-state index contributed by atoms with van der Waals surface area (Å²) in [5.41, 5.74) is -0.816. The van der Waals surface area contributed by atoms with Gasteiger partial charge in [0.05, 0.1) is 36.1 Å². The van der Waals surface area contributed by atoms with Gasteiger partial charge >= 0.3 is 0 Å². The second-order valence-corrected chi connectivity index (χ2v) is 14.1. The van der Waals surface area contributed by atoms with Crippen LogP contribution in [0.3, 0.4) is 0 Å². The van der Waals surface area contributed by atoms with Gasteiger partial charge in [0.15, 0.2) is 0 Å². The molecule has 0 radical (unpaired) electrons. The minimum Gasteiger partial charge on any atom is -0.387 e. The van der Waals surface area contributed by atoms with E-state index in [9.17, 15) is 28.7 Å². The SMILES string of the molecule is CC(C)(C(=O)NCCOCCN1C(=O)CC(S)C1=O)C(c1nc(-c2cc(F)ccc2F)cn1Cc1ccccc1)N(CC1CNCC1F)C(=O)CO. The van der Waals surface area contributed by atoms with Crippen molar-refractivity contribution in [1.82, 2.24) is 30.0 Å². The first-order valence-electron chi connectivity index (χ1n) is 17.0. The fourth-order valence-electron chi connectivity index (χ4n) is 6.55. The standard InChI is InChI=1S/C36H43F3N6O6S/c1-36(2,35(50)41-10-12-51-13-11-44-30(47)15-29(52)34(44)49)32(45(31(48)21-46)19-23-16-40-17-27(23)39)33-42-28(25-14-24(37)8-9-26(25)38)20-43(33)18-22-6-4-3-5-7-22/h3-9,14,20,23,27,29,32,40,46,52H,10-13,15-19,21H2,1-2H3,(H,41,50). The summed E-state index contributed by atoms with van der Waals surface area (Å²) in [6.07, 6.45) is 0.224. The van der Waals surface area contributed by atoms with Gasteiger partial charge in [0.25, 0.3) is 0 Å². The number of hydrogen-bond acceptors (Lipinski definition) is 9. The third-order valence-corrected chi connectivity index (χ3v) is 9.79. The second-order valence-electron chi connectivity index (χ2n) is 13.5. The Labute approximate surface area is 305 Å². The Hall–Kier alpha value is -4.25. The van der Waals surface area contributed by atoms with Crippen LogP contribution in [0.1, 0.15) is 37.7 Å². The van der Waals surface area contributed by atoms with E-state index in [1.54, 1.807) is 18.4 Å². The summed E-state index contributed by atoms with van der Waals surface area (Å²) in [5.74, 6) is -4.03. The number of carbonyl (C=O) groups is 4. The summed E-state index contributed by atoms with van der Waals surface area (Å²) in [7, 11) is 0. The predicted octanol–water partition coefficient (Wildman–Crippen LogP) is 2.51. The molecule has 12 nitrogen and oxygen atoms in total. The van der Waals surface area contributed by atoms with Gasteiger partial charge in [-0.2, -0.15) is 12.6 Å². The third kappa shape index (κ3) is 8.85. The van der Waals surface area contributed by atoms with E-state index in [0.717, 1.165) is 28.7 Å². The molecule has 4 atom stereocenters. The number of amides is 4. The van der Waals surface area contributed by atoms with E-state index in [2.05, 4.69) is 23.3 Å². The number of imide groups is 1. The molecule has 0 aliphatic carbocycles. The molecule has 0 bridgehead atoms. The fourth-order valence-corrected chi connectivity index (χ4v) is 6.85. The third-order valence-electron chi connectivity index (χ3n) is 9.39. The molecular weight excluding hydrogens is 701 g/mol. The lowest BCUT2D eigenvalue weighted by atomic mass is 9.80. The van der Waals surface area contributed by atoms with Gasteiger partial charge in [-0.25, -0.2) is 18.2 Å². The Bertz CT molecular complexity index is 1760. The van der Waals surface area contributed by atoms with E-state index in [1.165, 1.54) is 11.1 Å². The Morgan fingerprint density at radius 3 is 2.56 bits per heavy atom. The molecule has 2 saturated heterocycles. The van der Waals surface area contributed by atoms with Crippen LogP contribution in [0.25, 0.3) is 11.3 Å². The number of thiol groups is 1. The molecule has 16 heteroatoms. The molecule has 2 aromatic carbocycles. The van der Waals surface area contributed by atoms with Gasteiger partial charge in [-0.15, -0.1) is 0 Å². The Balaban J connectivity index is 1.47. The summed E-state index contributed by atoms with van der Waals surface area (Å²) in [6, 6.07) is 10.9. The number of likely N-dealkylation sites (tertiary alicyclic amines) is 1. The number of aliphatic hydroxyl groups is 1. The van der Waals surface area contributed by atoms with Crippen LogP contribution in [0.5, 0.6) is 0 Å². The number of hydrogen-bond donors (Lipinski definition) is 4. The largest absolute Gasteiger partial charge is 0.387 e. The Morgan fingerprint density at radius 2 is 1.90 bits per heavy atom. The number of imidazole rings is 1. The Morgan fingerprint density at radius 1 is 1.15 bits per heavy atom. The molecule has 1 aromatic heterocycles. The highest BCUT2D eigenvalue weighted by Gasteiger charge is 2.47. The van der Waals surface area contributed by atoms with Gasteiger partial charge in [0.1, 0.15) is 36.3 Å². The second kappa shape index (κ2) is 17.1. The summed E-state index contributed by atoms with van der Waals surface area (Å²) in [4.78, 5) is 58.9. The highest BCUT2D eigenvalue weighted by Crippen LogP contribution is 2.41. The highest BCUT2D eigenvalue weighted by atomic mass is 32.1. The summed E-state index contributed by atoms with van der Waals surface area (Å²) in [5, 5.41) is 15.3. The molecule has 0 saturated carbocycles. The van der Waals surface area contributed by atoms with Gasteiger partial charge in [0, 0.05) is 56.8 Å². The van der Waals surface area contributed by atoms with E-state index in [1.807, 2.05) is 30.3 Å². The molecule has 4 unspecified atom stereocenters. The van der Waals surface area contributed by atoms with Gasteiger partial charge in [-0.05, 0) is 37.6 Å². The zero-order valence-corrected chi connectivity index (χ0v) is 29.8. The smallest absolute Gasteiger partial charge is 0.248 e. The van der Waals surface area contributed by atoms with Crippen molar-refractivity contribution in [2.75, 3.05) is 52.5 Å². The van der Waals surface area contributed by atoms with Crippen molar-refractivity contribution in [1.29, 1.82) is 0 Å². The zero-order valence-electron chi connectivity index (χ0n) is 28.9. The lowest BCUT2D eigenvalue weighted by molar-refractivity contribution is -0.146. The van der Waals surface area contributed by atoms with Crippen LogP contribution in [0.4, 0.5) is 13.2 Å². The van der Waals surface area contributed by atoms with Crippen molar-refractivity contribution in [3.8, 4) is 11.3 Å². The van der Waals surface area contributed by atoms with E-state index >= 15 is 8.78 Å². The van der Waals surface area contributed by atoms with Crippen LogP contribution in [0.2, 0.25) is 0 Å². The van der Waals surface area contributed by atoms with Crippen LogP contribution in [0.15, 0.2) is 54.7 Å². The van der Waals surface area contributed by atoms with Gasteiger partial charge in [-0.1, -0.05) is 30.3 Å². The van der Waals surface area contributed by atoms with Gasteiger partial charge < -0.3 is 29.9 Å². The number of ether oxygens (including phenoxy) is 1. The number of alkyl halides is 1. The number of aliphatic hydroxyl groups excluding tert-OH is 1. The first kappa shape index (κ1) is 39.0. The number of rotatable bonds is 16. The maximum Gasteiger partial charge on any atom is 0.248 e. The van der Waals surface area contributed by atoms with E-state index < -0.39 is 58.9 Å². The normalized spacial score (nSPS) is 19.7. The number of halogens is 3. The molecule has 3 N–H and O–H groups in total. The molecule has 3 aromatic rings. The van der Waals surface area contributed by atoms with Gasteiger partial charge in [0.2, 0.25) is 23.6 Å². The summed E-state index contributed by atoms with van der Waals surface area (Å²) < 4.78 is 51.8. The maximum absolute atomic E-state index is 15.1. The van der Waals surface area contributed by atoms with E-state index in [0.29, 0.717) is 0 Å². The molecule has 3 heterocycles. The van der Waals surface area contributed by atoms with Gasteiger partial charge in [-0.3, -0.25) is 24.1 Å².